The molecule has 78 heavy (non-hydrogen) atoms. The summed E-state index contributed by atoms with van der Waals surface area (Å²) in [6, 6.07) is 19.3. The standard InChI is InChI=1S/2C26H26ClFN6O4S/c2*1-15(25(35)29-2)13-34-14-31-21-7-5-16(9-19(21)26(34)36)17-10-22(24(30-12-17)33(3)4)32-39(37,38)23-8-6-18(28)11-20(23)27/h2*5-12,14-15,32H,13H2,1-4H3,(H,29,35)/t2*15-/m10/s1. The Morgan fingerprint density at radius 3 is 1.27 bits per heavy atom. The molecule has 0 saturated carbocycles. The molecule has 2 atom stereocenters. The Balaban J connectivity index is 0.000000226. The van der Waals surface area contributed by atoms with Gasteiger partial charge in [0.15, 0.2) is 11.6 Å². The SMILES string of the molecule is CNC(=O)[C@@H](C)Cn1cnc2ccc(-c3cnc(N(C)C)c(NS(=O)(=O)c4ccc(F)cc4Cl)c3)cc2c1=O.CNC(=O)[C@H](C)Cn1cnc2ccc(-c3cnc(N(C)C)c(NS(=O)(=O)c4ccc(F)cc4Cl)c3)cc2c1=O. The highest BCUT2D eigenvalue weighted by molar-refractivity contribution is 7.93. The minimum absolute atomic E-state index is 0.154. The van der Waals surface area contributed by atoms with Crippen molar-refractivity contribution in [1.82, 2.24) is 39.7 Å². The smallest absolute Gasteiger partial charge is 0.263 e. The van der Waals surface area contributed by atoms with Gasteiger partial charge < -0.3 is 20.4 Å². The van der Waals surface area contributed by atoms with Crippen molar-refractivity contribution in [3.63, 3.8) is 0 Å². The van der Waals surface area contributed by atoms with Gasteiger partial charge in [-0.25, -0.2) is 45.6 Å². The van der Waals surface area contributed by atoms with Crippen LogP contribution in [0.4, 0.5) is 31.8 Å². The third-order valence-corrected chi connectivity index (χ3v) is 15.8. The summed E-state index contributed by atoms with van der Waals surface area (Å²) in [7, 11) is 1.49. The van der Waals surface area contributed by atoms with Crippen LogP contribution in [0.3, 0.4) is 0 Å². The second kappa shape index (κ2) is 23.7. The van der Waals surface area contributed by atoms with Crippen LogP contribution in [0.25, 0.3) is 44.1 Å². The number of anilines is 4. The molecule has 2 amide bonds. The van der Waals surface area contributed by atoms with Crippen molar-refractivity contribution in [2.45, 2.75) is 36.7 Å². The third-order valence-electron chi connectivity index (χ3n) is 12.1. The van der Waals surface area contributed by atoms with Crippen LogP contribution in [-0.4, -0.2) is 100 Å². The molecule has 8 rings (SSSR count). The molecule has 20 nitrogen and oxygen atoms in total. The lowest BCUT2D eigenvalue weighted by Gasteiger charge is -2.19. The number of nitrogens with zero attached hydrogens (tertiary/aromatic N) is 8. The van der Waals surface area contributed by atoms with Gasteiger partial charge in [0.25, 0.3) is 31.2 Å². The van der Waals surface area contributed by atoms with Gasteiger partial charge in [0.05, 0.1) is 67.7 Å². The van der Waals surface area contributed by atoms with Gasteiger partial charge in [-0.15, -0.1) is 0 Å². The van der Waals surface area contributed by atoms with Gasteiger partial charge in [0, 0.05) is 78.9 Å². The van der Waals surface area contributed by atoms with E-state index in [0.29, 0.717) is 55.7 Å². The van der Waals surface area contributed by atoms with Crippen LogP contribution < -0.4 is 41.0 Å². The molecule has 0 unspecified atom stereocenters. The normalized spacial score (nSPS) is 12.3. The van der Waals surface area contributed by atoms with E-state index >= 15 is 0 Å². The zero-order valence-electron chi connectivity index (χ0n) is 43.1. The maximum Gasteiger partial charge on any atom is 0.263 e. The molecule has 4 N–H and O–H groups in total. The first-order chi connectivity index (χ1) is 36.8. The molecule has 0 bridgehead atoms. The summed E-state index contributed by atoms with van der Waals surface area (Å²) in [4.78, 5) is 70.5. The first kappa shape index (κ1) is 57.6. The van der Waals surface area contributed by atoms with E-state index < -0.39 is 43.5 Å². The molecule has 26 heteroatoms. The van der Waals surface area contributed by atoms with Crippen molar-refractivity contribution >= 4 is 99.9 Å². The van der Waals surface area contributed by atoms with Gasteiger partial charge in [-0.3, -0.25) is 37.8 Å². The summed E-state index contributed by atoms with van der Waals surface area (Å²) in [6.45, 7) is 3.74. The van der Waals surface area contributed by atoms with E-state index in [1.165, 1.54) is 35.9 Å². The lowest BCUT2D eigenvalue weighted by Crippen LogP contribution is -2.32. The molecule has 0 aliphatic heterocycles. The van der Waals surface area contributed by atoms with Gasteiger partial charge in [0.1, 0.15) is 21.4 Å². The van der Waals surface area contributed by atoms with Gasteiger partial charge >= 0.3 is 0 Å². The quantitative estimate of drug-likeness (QED) is 0.0761. The summed E-state index contributed by atoms with van der Waals surface area (Å²) in [5.74, 6) is -1.94. The number of carbonyl (C=O) groups is 2. The Morgan fingerprint density at radius 1 is 0.564 bits per heavy atom. The monoisotopic (exact) mass is 1140 g/mol. The summed E-state index contributed by atoms with van der Waals surface area (Å²) < 4.78 is 87.2. The number of fused-ring (bicyclic) bond motifs is 2. The van der Waals surface area contributed by atoms with Crippen molar-refractivity contribution in [2.24, 2.45) is 11.8 Å². The average molecular weight is 1150 g/mol. The molecule has 8 aromatic rings. The van der Waals surface area contributed by atoms with Gasteiger partial charge in [0.2, 0.25) is 11.8 Å². The molecule has 4 aromatic carbocycles. The van der Waals surface area contributed by atoms with E-state index in [4.69, 9.17) is 23.2 Å². The number of aromatic nitrogens is 6. The molecular weight excluding hydrogens is 1090 g/mol. The second-order valence-electron chi connectivity index (χ2n) is 18.2. The van der Waals surface area contributed by atoms with Gasteiger partial charge in [-0.2, -0.15) is 0 Å². The highest BCUT2D eigenvalue weighted by Crippen LogP contribution is 2.35. The highest BCUT2D eigenvalue weighted by atomic mass is 35.5. The molecule has 4 aromatic heterocycles. The van der Waals surface area contributed by atoms with E-state index in [0.717, 1.165) is 36.4 Å². The van der Waals surface area contributed by atoms with Crippen molar-refractivity contribution in [2.75, 3.05) is 61.5 Å². The molecule has 4 heterocycles. The number of halogens is 4. The van der Waals surface area contributed by atoms with Crippen LogP contribution in [-0.2, 0) is 42.7 Å². The number of pyridine rings is 2. The molecule has 408 valence electrons. The fourth-order valence-corrected chi connectivity index (χ4v) is 11.2. The van der Waals surface area contributed by atoms with Gasteiger partial charge in [-0.1, -0.05) is 49.2 Å². The molecular formula is C52H52Cl2F2N12O8S2. The van der Waals surface area contributed by atoms with Crippen molar-refractivity contribution in [3.8, 4) is 22.3 Å². The number of benzene rings is 4. The summed E-state index contributed by atoms with van der Waals surface area (Å²) in [5.41, 5.74) is 2.85. The Morgan fingerprint density at radius 2 is 0.936 bits per heavy atom. The van der Waals surface area contributed by atoms with E-state index in [2.05, 4.69) is 40.0 Å². The number of rotatable bonds is 16. The largest absolute Gasteiger partial charge is 0.361 e. The minimum atomic E-state index is -4.19. The van der Waals surface area contributed by atoms with Crippen LogP contribution in [0.1, 0.15) is 13.8 Å². The fourth-order valence-electron chi connectivity index (χ4n) is 8.07. The Hall–Kier alpha value is -8.06. The molecule has 0 saturated heterocycles. The highest BCUT2D eigenvalue weighted by Gasteiger charge is 2.24. The number of hydrogen-bond acceptors (Lipinski definition) is 14. The number of amides is 2. The third kappa shape index (κ3) is 12.8. The number of nitrogens with one attached hydrogen (secondary N) is 4. The number of hydrogen-bond donors (Lipinski definition) is 4. The first-order valence-electron chi connectivity index (χ1n) is 23.5. The van der Waals surface area contributed by atoms with E-state index in [-0.39, 0.29) is 67.2 Å². The maximum absolute atomic E-state index is 13.5. The first-order valence-corrected chi connectivity index (χ1v) is 27.3. The zero-order valence-corrected chi connectivity index (χ0v) is 46.3. The molecule has 0 aliphatic rings. The molecule has 0 radical (unpaired) electrons. The van der Waals surface area contributed by atoms with E-state index in [1.807, 2.05) is 0 Å². The number of carbonyl (C=O) groups excluding carboxylic acids is 2. The second-order valence-corrected chi connectivity index (χ2v) is 22.4. The Labute approximate surface area is 457 Å². The van der Waals surface area contributed by atoms with Crippen LogP contribution in [0.2, 0.25) is 10.0 Å². The lowest BCUT2D eigenvalue weighted by molar-refractivity contribution is -0.125. The maximum atomic E-state index is 13.5. The van der Waals surface area contributed by atoms with Crippen LogP contribution in [0.5, 0.6) is 0 Å². The van der Waals surface area contributed by atoms with E-state index in [1.54, 1.807) is 113 Å². The minimum Gasteiger partial charge on any atom is -0.361 e. The van der Waals surface area contributed by atoms with Crippen LogP contribution in [0, 0.1) is 23.5 Å². The lowest BCUT2D eigenvalue weighted by atomic mass is 10.0. The van der Waals surface area contributed by atoms with Crippen LogP contribution >= 0.6 is 23.2 Å². The predicted octanol–water partition coefficient (Wildman–Crippen LogP) is 7.00. The summed E-state index contributed by atoms with van der Waals surface area (Å²) in [5, 5.41) is 5.26. The van der Waals surface area contributed by atoms with Crippen LogP contribution in [0.15, 0.2) is 129 Å². The van der Waals surface area contributed by atoms with E-state index in [9.17, 15) is 44.8 Å². The topological polar surface area (TPSA) is 253 Å². The number of sulfonamides is 2. The zero-order chi connectivity index (χ0) is 57.0. The van der Waals surface area contributed by atoms with Gasteiger partial charge in [-0.05, 0) is 83.9 Å². The fraction of sp³-hybridized carbons (Fsp3) is 0.231. The van der Waals surface area contributed by atoms with Crippen molar-refractivity contribution in [3.05, 3.63) is 152 Å². The van der Waals surface area contributed by atoms with Crippen molar-refractivity contribution in [1.29, 1.82) is 0 Å². The average Bonchev–Trinajstić information content (AvgIpc) is 3.43. The predicted molar refractivity (Wildman–Crippen MR) is 298 cm³/mol. The van der Waals surface area contributed by atoms with Crippen molar-refractivity contribution < 1.29 is 35.2 Å². The Kier molecular flexibility index (Phi) is 17.5. The molecule has 0 aliphatic carbocycles. The summed E-state index contributed by atoms with van der Waals surface area (Å²) in [6.07, 6.45) is 5.93. The molecule has 0 fully saturated rings. The summed E-state index contributed by atoms with van der Waals surface area (Å²) >= 11 is 12.0. The Bertz CT molecular complexity index is 3740. The molecule has 0 spiro atoms.